The van der Waals surface area contributed by atoms with E-state index < -0.39 is 5.97 Å². The Hall–Kier alpha value is -0.870. The third kappa shape index (κ3) is 26.7. The molecule has 0 radical (unpaired) electrons. The first-order valence-corrected chi connectivity index (χ1v) is 7.30. The van der Waals surface area contributed by atoms with E-state index in [0.717, 1.165) is 38.2 Å². The standard InChI is InChI=1S/C10H22O2.C5H8O2/c11-9-7-5-3-1-2-4-6-8-10-12;1-2-3-4-5(6)7/h11-12H,1-10H2;3-4H,2H2,1H3,(H,6,7). The fraction of sp³-hybridized carbons (Fsp3) is 0.800. The van der Waals surface area contributed by atoms with Gasteiger partial charge in [-0.05, 0) is 19.3 Å². The molecule has 3 N–H and O–H groups in total. The van der Waals surface area contributed by atoms with Crippen LogP contribution in [-0.2, 0) is 4.79 Å². The van der Waals surface area contributed by atoms with Crippen LogP contribution < -0.4 is 0 Å². The predicted molar refractivity (Wildman–Crippen MR) is 78.2 cm³/mol. The van der Waals surface area contributed by atoms with Crippen molar-refractivity contribution in [1.82, 2.24) is 0 Å². The molecule has 0 aliphatic heterocycles. The van der Waals surface area contributed by atoms with E-state index in [9.17, 15) is 4.79 Å². The van der Waals surface area contributed by atoms with Crippen molar-refractivity contribution in [1.29, 1.82) is 0 Å². The number of unbranched alkanes of at least 4 members (excludes halogenated alkanes) is 7. The Morgan fingerprint density at radius 2 is 1.21 bits per heavy atom. The van der Waals surface area contributed by atoms with Crippen LogP contribution in [0.5, 0.6) is 0 Å². The molecule has 0 aromatic carbocycles. The lowest BCUT2D eigenvalue weighted by Crippen LogP contribution is -1.85. The van der Waals surface area contributed by atoms with Gasteiger partial charge in [0.2, 0.25) is 0 Å². The predicted octanol–water partition coefficient (Wildman–Crippen LogP) is 3.13. The van der Waals surface area contributed by atoms with Crippen LogP contribution in [0.25, 0.3) is 0 Å². The Morgan fingerprint density at radius 1 is 0.842 bits per heavy atom. The quantitative estimate of drug-likeness (QED) is 0.399. The summed E-state index contributed by atoms with van der Waals surface area (Å²) >= 11 is 0. The van der Waals surface area contributed by atoms with E-state index in [0.29, 0.717) is 13.2 Å². The van der Waals surface area contributed by atoms with Crippen LogP contribution in [-0.4, -0.2) is 34.5 Å². The molecule has 0 amide bonds. The topological polar surface area (TPSA) is 77.8 Å². The van der Waals surface area contributed by atoms with Crippen molar-refractivity contribution >= 4 is 5.97 Å². The van der Waals surface area contributed by atoms with Crippen LogP contribution in [0.3, 0.4) is 0 Å². The molecular formula is C15H30O4. The zero-order valence-corrected chi connectivity index (χ0v) is 12.2. The van der Waals surface area contributed by atoms with Gasteiger partial charge < -0.3 is 15.3 Å². The zero-order valence-electron chi connectivity index (χ0n) is 12.2. The molecule has 0 heterocycles. The monoisotopic (exact) mass is 274 g/mol. The molecule has 0 unspecified atom stereocenters. The second kappa shape index (κ2) is 19.5. The summed E-state index contributed by atoms with van der Waals surface area (Å²) in [7, 11) is 0. The van der Waals surface area contributed by atoms with Gasteiger partial charge in [0.05, 0.1) is 0 Å². The van der Waals surface area contributed by atoms with E-state index in [1.54, 1.807) is 6.08 Å². The van der Waals surface area contributed by atoms with Crippen molar-refractivity contribution in [3.05, 3.63) is 12.2 Å². The van der Waals surface area contributed by atoms with Gasteiger partial charge in [-0.3, -0.25) is 0 Å². The van der Waals surface area contributed by atoms with Gasteiger partial charge in [-0.25, -0.2) is 4.79 Å². The summed E-state index contributed by atoms with van der Waals surface area (Å²) in [5, 5.41) is 25.0. The number of carboxylic acids is 1. The van der Waals surface area contributed by atoms with Gasteiger partial charge in [-0.15, -0.1) is 0 Å². The first kappa shape index (κ1) is 20.4. The fourth-order valence-electron chi connectivity index (χ4n) is 1.50. The van der Waals surface area contributed by atoms with Gasteiger partial charge in [0.25, 0.3) is 0 Å². The number of hydrogen-bond donors (Lipinski definition) is 3. The maximum Gasteiger partial charge on any atom is 0.327 e. The van der Waals surface area contributed by atoms with Crippen molar-refractivity contribution in [3.8, 4) is 0 Å². The first-order chi connectivity index (χ1) is 9.18. The molecule has 114 valence electrons. The average molecular weight is 274 g/mol. The van der Waals surface area contributed by atoms with Crippen molar-refractivity contribution in [2.45, 2.75) is 64.7 Å². The SMILES string of the molecule is CCC=CC(=O)O.OCCCCCCCCCCO. The molecule has 4 nitrogen and oxygen atoms in total. The van der Waals surface area contributed by atoms with E-state index in [4.69, 9.17) is 15.3 Å². The molecule has 0 fully saturated rings. The molecule has 4 heteroatoms. The van der Waals surface area contributed by atoms with Crippen molar-refractivity contribution in [2.24, 2.45) is 0 Å². The molecule has 19 heavy (non-hydrogen) atoms. The smallest absolute Gasteiger partial charge is 0.327 e. The number of carbonyl (C=O) groups is 1. The summed E-state index contributed by atoms with van der Waals surface area (Å²) in [5.41, 5.74) is 0. The number of carboxylic acid groups (broad SMARTS) is 1. The van der Waals surface area contributed by atoms with Crippen molar-refractivity contribution in [3.63, 3.8) is 0 Å². The van der Waals surface area contributed by atoms with E-state index >= 15 is 0 Å². The number of hydrogen-bond acceptors (Lipinski definition) is 3. The highest BCUT2D eigenvalue weighted by atomic mass is 16.4. The van der Waals surface area contributed by atoms with E-state index in [-0.39, 0.29) is 0 Å². The molecule has 0 saturated carbocycles. The maximum absolute atomic E-state index is 9.67. The average Bonchev–Trinajstić information content (AvgIpc) is 2.40. The molecule has 0 aliphatic carbocycles. The van der Waals surface area contributed by atoms with E-state index in [1.807, 2.05) is 6.92 Å². The third-order valence-corrected chi connectivity index (χ3v) is 2.56. The third-order valence-electron chi connectivity index (χ3n) is 2.56. The van der Waals surface area contributed by atoms with Crippen LogP contribution in [0.4, 0.5) is 0 Å². The molecule has 0 atom stereocenters. The lowest BCUT2D eigenvalue weighted by Gasteiger charge is -1.99. The van der Waals surface area contributed by atoms with Gasteiger partial charge in [0.1, 0.15) is 0 Å². The van der Waals surface area contributed by atoms with Crippen LogP contribution in [0, 0.1) is 0 Å². The Labute approximate surface area is 117 Å². The molecule has 0 aromatic rings. The van der Waals surface area contributed by atoms with Gasteiger partial charge in [0, 0.05) is 19.3 Å². The number of allylic oxidation sites excluding steroid dienone is 1. The Balaban J connectivity index is 0. The van der Waals surface area contributed by atoms with Crippen molar-refractivity contribution < 1.29 is 20.1 Å². The van der Waals surface area contributed by atoms with E-state index in [1.165, 1.54) is 25.7 Å². The van der Waals surface area contributed by atoms with Gasteiger partial charge >= 0.3 is 5.97 Å². The number of aliphatic carboxylic acids is 1. The Kier molecular flexibility index (Phi) is 21.0. The Bertz CT molecular complexity index is 192. The summed E-state index contributed by atoms with van der Waals surface area (Å²) in [6, 6.07) is 0. The van der Waals surface area contributed by atoms with Crippen molar-refractivity contribution in [2.75, 3.05) is 13.2 Å². The number of aliphatic hydroxyl groups excluding tert-OH is 2. The highest BCUT2D eigenvalue weighted by Crippen LogP contribution is 2.07. The minimum absolute atomic E-state index is 0.338. The number of rotatable bonds is 11. The minimum atomic E-state index is -0.873. The maximum atomic E-state index is 9.67. The van der Waals surface area contributed by atoms with Crippen LogP contribution in [0.1, 0.15) is 64.7 Å². The highest BCUT2D eigenvalue weighted by molar-refractivity contribution is 5.79. The van der Waals surface area contributed by atoms with E-state index in [2.05, 4.69) is 0 Å². The summed E-state index contributed by atoms with van der Waals surface area (Å²) in [6.07, 6.45) is 12.8. The molecule has 0 rings (SSSR count). The minimum Gasteiger partial charge on any atom is -0.478 e. The summed E-state index contributed by atoms with van der Waals surface area (Å²) in [4.78, 5) is 9.67. The van der Waals surface area contributed by atoms with Crippen LogP contribution >= 0.6 is 0 Å². The largest absolute Gasteiger partial charge is 0.478 e. The molecule has 0 aliphatic rings. The summed E-state index contributed by atoms with van der Waals surface area (Å²) < 4.78 is 0. The number of aliphatic hydroxyl groups is 2. The molecule has 0 bridgehead atoms. The normalized spacial score (nSPS) is 10.3. The zero-order chi connectivity index (χ0) is 14.8. The molecule has 0 spiro atoms. The first-order valence-electron chi connectivity index (χ1n) is 7.30. The lowest BCUT2D eigenvalue weighted by atomic mass is 10.1. The summed E-state index contributed by atoms with van der Waals surface area (Å²) in [5.74, 6) is -0.873. The van der Waals surface area contributed by atoms with Gasteiger partial charge in [-0.1, -0.05) is 51.5 Å². The lowest BCUT2D eigenvalue weighted by molar-refractivity contribution is -0.131. The molecule has 0 saturated heterocycles. The highest BCUT2D eigenvalue weighted by Gasteiger charge is 1.90. The van der Waals surface area contributed by atoms with Gasteiger partial charge in [-0.2, -0.15) is 0 Å². The Morgan fingerprint density at radius 3 is 1.42 bits per heavy atom. The second-order valence-corrected chi connectivity index (χ2v) is 4.42. The molecular weight excluding hydrogens is 244 g/mol. The van der Waals surface area contributed by atoms with Gasteiger partial charge in [0.15, 0.2) is 0 Å². The summed E-state index contributed by atoms with van der Waals surface area (Å²) in [6.45, 7) is 2.56. The molecule has 0 aromatic heterocycles. The second-order valence-electron chi connectivity index (χ2n) is 4.42. The van der Waals surface area contributed by atoms with Crippen LogP contribution in [0.2, 0.25) is 0 Å². The van der Waals surface area contributed by atoms with Crippen LogP contribution in [0.15, 0.2) is 12.2 Å². The fourth-order valence-corrected chi connectivity index (χ4v) is 1.50.